The molecule has 0 atom stereocenters. The van der Waals surface area contributed by atoms with Crippen LogP contribution in [0.3, 0.4) is 0 Å². The summed E-state index contributed by atoms with van der Waals surface area (Å²) in [6.07, 6.45) is 0. The topological polar surface area (TPSA) is 54.5 Å². The molecule has 0 saturated carbocycles. The molecule has 1 aromatic rings. The molecule has 0 radical (unpaired) electrons. The van der Waals surface area contributed by atoms with Gasteiger partial charge in [-0.05, 0) is 12.1 Å². The number of carbonyl (C=O) groups is 2. The summed E-state index contributed by atoms with van der Waals surface area (Å²) in [6, 6.07) is 6.41. The van der Waals surface area contributed by atoms with Gasteiger partial charge in [-0.2, -0.15) is 4.31 Å². The monoisotopic (exact) mass is 195 g/mol. The van der Waals surface area contributed by atoms with Crippen LogP contribution in [-0.2, 0) is 11.9 Å². The van der Waals surface area contributed by atoms with Gasteiger partial charge in [0.05, 0.1) is 11.1 Å². The Balaban J connectivity index is 2.63. The zero-order valence-corrected chi connectivity index (χ0v) is 7.32. The highest BCUT2D eigenvalue weighted by Crippen LogP contribution is 2.21. The largest absolute Gasteiger partial charge is 0.273 e. The number of hydrogen-bond donors (Lipinski definition) is 1. The van der Waals surface area contributed by atoms with E-state index in [9.17, 15) is 13.8 Å². The first kappa shape index (κ1) is 8.12. The average Bonchev–Trinajstić information content (AvgIpc) is 2.41. The number of amides is 2. The number of rotatable bonds is 1. The maximum Gasteiger partial charge on any atom is 0.273 e. The van der Waals surface area contributed by atoms with Gasteiger partial charge in [0.25, 0.3) is 11.8 Å². The number of imide groups is 1. The molecule has 4 nitrogen and oxygen atoms in total. The Labute approximate surface area is 77.8 Å². The quantitative estimate of drug-likeness (QED) is 0.512. The van der Waals surface area contributed by atoms with Crippen molar-refractivity contribution in [2.75, 3.05) is 0 Å². The summed E-state index contributed by atoms with van der Waals surface area (Å²) in [5.41, 5.74) is 0.631. The second-order valence-corrected chi connectivity index (χ2v) is 3.11. The Hall–Kier alpha value is -1.49. The Morgan fingerprint density at radius 2 is 1.46 bits per heavy atom. The number of thiol groups is 1. The van der Waals surface area contributed by atoms with Crippen molar-refractivity contribution in [3.05, 3.63) is 35.4 Å². The maximum absolute atomic E-state index is 11.3. The summed E-state index contributed by atoms with van der Waals surface area (Å²) in [4.78, 5) is 22.7. The third kappa shape index (κ3) is 1.01. The molecule has 1 aliphatic rings. The van der Waals surface area contributed by atoms with Crippen LogP contribution in [0.15, 0.2) is 24.3 Å². The van der Waals surface area contributed by atoms with Gasteiger partial charge in [-0.25, -0.2) is 4.21 Å². The van der Waals surface area contributed by atoms with Crippen molar-refractivity contribution in [3.8, 4) is 0 Å². The molecule has 0 saturated heterocycles. The highest BCUT2D eigenvalue weighted by Gasteiger charge is 2.34. The van der Waals surface area contributed by atoms with Crippen LogP contribution in [0, 0.1) is 0 Å². The predicted molar refractivity (Wildman–Crippen MR) is 46.5 cm³/mol. The van der Waals surface area contributed by atoms with E-state index >= 15 is 0 Å². The van der Waals surface area contributed by atoms with E-state index in [4.69, 9.17) is 0 Å². The van der Waals surface area contributed by atoms with E-state index in [0.29, 0.717) is 15.4 Å². The second kappa shape index (κ2) is 2.77. The minimum absolute atomic E-state index is 0.316. The molecule has 1 aliphatic heterocycles. The van der Waals surface area contributed by atoms with Crippen LogP contribution in [0.1, 0.15) is 20.7 Å². The van der Waals surface area contributed by atoms with E-state index in [0.717, 1.165) is 0 Å². The molecule has 66 valence electrons. The van der Waals surface area contributed by atoms with Crippen molar-refractivity contribution < 1.29 is 13.8 Å². The molecule has 0 fully saturated rings. The van der Waals surface area contributed by atoms with Gasteiger partial charge in [-0.1, -0.05) is 12.1 Å². The molecule has 0 aliphatic carbocycles. The molecular weight excluding hydrogens is 190 g/mol. The summed E-state index contributed by atoms with van der Waals surface area (Å²) < 4.78 is 11.1. The standard InChI is InChI=1S/C8H5NO3S/c10-7-5-3-1-2-4-6(5)8(11)9(7)13-12/h1-4,13H. The molecule has 13 heavy (non-hydrogen) atoms. The highest BCUT2D eigenvalue weighted by molar-refractivity contribution is 7.64. The smallest absolute Gasteiger partial charge is 0.268 e. The van der Waals surface area contributed by atoms with Crippen LogP contribution in [0.4, 0.5) is 0 Å². The van der Waals surface area contributed by atoms with E-state index < -0.39 is 23.7 Å². The lowest BCUT2D eigenvalue weighted by Crippen LogP contribution is -2.24. The molecule has 1 aromatic carbocycles. The van der Waals surface area contributed by atoms with Crippen molar-refractivity contribution >= 4 is 23.7 Å². The number of benzene rings is 1. The van der Waals surface area contributed by atoms with Crippen molar-refractivity contribution in [1.29, 1.82) is 0 Å². The lowest BCUT2D eigenvalue weighted by molar-refractivity contribution is 0.0774. The fourth-order valence-corrected chi connectivity index (χ4v) is 1.61. The van der Waals surface area contributed by atoms with Crippen LogP contribution in [-0.4, -0.2) is 20.3 Å². The van der Waals surface area contributed by atoms with Crippen molar-refractivity contribution in [2.24, 2.45) is 0 Å². The van der Waals surface area contributed by atoms with Crippen molar-refractivity contribution in [2.45, 2.75) is 0 Å². The molecular formula is C8H5NO3S. The summed E-state index contributed by atoms with van der Waals surface area (Å²) in [5, 5.41) is 0. The van der Waals surface area contributed by atoms with E-state index in [-0.39, 0.29) is 0 Å². The first-order chi connectivity index (χ1) is 6.25. The third-order valence-corrected chi connectivity index (χ3v) is 2.38. The molecule has 0 N–H and O–H groups in total. The van der Waals surface area contributed by atoms with E-state index in [1.54, 1.807) is 24.3 Å². The lowest BCUT2D eigenvalue weighted by atomic mass is 10.1. The first-order valence-electron chi connectivity index (χ1n) is 3.57. The SMILES string of the molecule is O=[SH]N1C(=O)c2ccccc2C1=O. The summed E-state index contributed by atoms with van der Waals surface area (Å²) in [5.74, 6) is -1.01. The molecule has 1 heterocycles. The molecule has 0 aromatic heterocycles. The van der Waals surface area contributed by atoms with Crippen molar-refractivity contribution in [3.63, 3.8) is 0 Å². The van der Waals surface area contributed by atoms with Gasteiger partial charge in [-0.3, -0.25) is 9.59 Å². The zero-order chi connectivity index (χ0) is 9.42. The third-order valence-electron chi connectivity index (χ3n) is 1.85. The Morgan fingerprint density at radius 3 is 1.85 bits per heavy atom. The van der Waals surface area contributed by atoms with E-state index in [2.05, 4.69) is 0 Å². The summed E-state index contributed by atoms with van der Waals surface area (Å²) >= 11 is -0.579. The average molecular weight is 195 g/mol. The fraction of sp³-hybridized carbons (Fsp3) is 0. The normalized spacial score (nSPS) is 14.9. The fourth-order valence-electron chi connectivity index (χ4n) is 1.25. The zero-order valence-electron chi connectivity index (χ0n) is 6.43. The van der Waals surface area contributed by atoms with Crippen LogP contribution in [0.25, 0.3) is 0 Å². The Bertz CT molecular complexity index is 381. The Morgan fingerprint density at radius 1 is 1.00 bits per heavy atom. The maximum atomic E-state index is 11.3. The second-order valence-electron chi connectivity index (χ2n) is 2.55. The Kier molecular flexibility index (Phi) is 1.73. The van der Waals surface area contributed by atoms with Gasteiger partial charge < -0.3 is 0 Å². The molecule has 5 heteroatoms. The van der Waals surface area contributed by atoms with Gasteiger partial charge >= 0.3 is 0 Å². The molecule has 2 rings (SSSR count). The van der Waals surface area contributed by atoms with Gasteiger partial charge in [0.2, 0.25) is 0 Å². The van der Waals surface area contributed by atoms with E-state index in [1.807, 2.05) is 0 Å². The van der Waals surface area contributed by atoms with Gasteiger partial charge in [0.15, 0.2) is 0 Å². The van der Waals surface area contributed by atoms with Crippen LogP contribution in [0.2, 0.25) is 0 Å². The lowest BCUT2D eigenvalue weighted by Gasteiger charge is -2.00. The minimum Gasteiger partial charge on any atom is -0.268 e. The summed E-state index contributed by atoms with van der Waals surface area (Å²) in [6.45, 7) is 0. The first-order valence-corrected chi connectivity index (χ1v) is 4.33. The predicted octanol–water partition coefficient (Wildman–Crippen LogP) is 0.143. The highest BCUT2D eigenvalue weighted by atomic mass is 32.2. The molecule has 0 unspecified atom stereocenters. The van der Waals surface area contributed by atoms with Crippen LogP contribution in [0.5, 0.6) is 0 Å². The minimum atomic E-state index is -0.579. The number of carbonyl (C=O) groups excluding carboxylic acids is 2. The van der Waals surface area contributed by atoms with Gasteiger partial charge in [0, 0.05) is 0 Å². The number of fused-ring (bicyclic) bond motifs is 1. The number of hydrogen-bond acceptors (Lipinski definition) is 3. The molecule has 2 amide bonds. The molecule has 0 bridgehead atoms. The van der Waals surface area contributed by atoms with Crippen molar-refractivity contribution in [1.82, 2.24) is 4.31 Å². The number of nitrogens with zero attached hydrogens (tertiary/aromatic N) is 1. The van der Waals surface area contributed by atoms with Crippen LogP contribution < -0.4 is 0 Å². The van der Waals surface area contributed by atoms with Crippen LogP contribution >= 0.6 is 0 Å². The van der Waals surface area contributed by atoms with Gasteiger partial charge in [-0.15, -0.1) is 0 Å². The van der Waals surface area contributed by atoms with Gasteiger partial charge in [0.1, 0.15) is 11.9 Å². The van der Waals surface area contributed by atoms with E-state index in [1.165, 1.54) is 0 Å². The summed E-state index contributed by atoms with van der Waals surface area (Å²) in [7, 11) is 0. The molecule has 0 spiro atoms.